The van der Waals surface area contributed by atoms with Crippen LogP contribution in [-0.4, -0.2) is 22.9 Å². The predicted octanol–water partition coefficient (Wildman–Crippen LogP) is 3.58. The van der Waals surface area contributed by atoms with E-state index in [1.54, 1.807) is 17.3 Å². The van der Waals surface area contributed by atoms with Gasteiger partial charge in [-0.1, -0.05) is 24.3 Å². The number of imide groups is 1. The number of amides is 2. The molecule has 2 aliphatic rings. The monoisotopic (exact) mass is 403 g/mol. The van der Waals surface area contributed by atoms with E-state index in [4.69, 9.17) is 4.84 Å². The van der Waals surface area contributed by atoms with Gasteiger partial charge in [-0.3, -0.25) is 19.4 Å². The van der Waals surface area contributed by atoms with Gasteiger partial charge in [-0.2, -0.15) is 0 Å². The average molecular weight is 403 g/mol. The number of halogens is 1. The van der Waals surface area contributed by atoms with Gasteiger partial charge in [0.2, 0.25) is 5.91 Å². The van der Waals surface area contributed by atoms with Crippen LogP contribution < -0.4 is 9.96 Å². The Balaban J connectivity index is 1.59. The number of para-hydroxylation sites is 1. The molecular weight excluding hydrogens is 385 g/mol. The zero-order valence-corrected chi connectivity index (χ0v) is 16.1. The van der Waals surface area contributed by atoms with Crippen molar-refractivity contribution in [1.82, 2.24) is 4.98 Å². The molecule has 2 aromatic carbocycles. The number of fused-ring (bicyclic) bond motifs is 1. The van der Waals surface area contributed by atoms with Crippen molar-refractivity contribution in [1.29, 1.82) is 0 Å². The molecule has 1 aromatic heterocycles. The van der Waals surface area contributed by atoms with Gasteiger partial charge in [-0.15, -0.1) is 0 Å². The van der Waals surface area contributed by atoms with Crippen LogP contribution in [0.15, 0.2) is 72.9 Å². The zero-order valence-electron chi connectivity index (χ0n) is 16.1. The SMILES string of the molecule is Cc1ccccc1N1O[C@@H]2C(=O)N(c3ccc(F)cc3)C(=O)[C@@H]2[C@@H]1c1ccccn1. The number of pyridine rings is 1. The highest BCUT2D eigenvalue weighted by Gasteiger charge is 2.60. The van der Waals surface area contributed by atoms with E-state index in [1.165, 1.54) is 24.3 Å². The molecule has 2 fully saturated rings. The molecule has 2 amide bonds. The van der Waals surface area contributed by atoms with Crippen LogP contribution >= 0.6 is 0 Å². The number of anilines is 2. The standard InChI is InChI=1S/C23H18FN3O3/c1-14-6-2-3-8-18(14)27-20(17-7-4-5-13-25-17)19-21(30-27)23(29)26(22(19)28)16-11-9-15(24)10-12-16/h2-13,19-21H,1H3/t19-,20+,21+/m1/s1. The largest absolute Gasteiger partial charge is 0.273 e. The predicted molar refractivity (Wildman–Crippen MR) is 108 cm³/mol. The highest BCUT2D eigenvalue weighted by Crippen LogP contribution is 2.47. The van der Waals surface area contributed by atoms with Crippen molar-refractivity contribution in [3.05, 3.63) is 90.0 Å². The minimum atomic E-state index is -0.978. The van der Waals surface area contributed by atoms with Gasteiger partial charge >= 0.3 is 0 Å². The lowest BCUT2D eigenvalue weighted by molar-refractivity contribution is -0.126. The van der Waals surface area contributed by atoms with Crippen molar-refractivity contribution in [2.75, 3.05) is 9.96 Å². The van der Waals surface area contributed by atoms with Crippen LogP contribution in [0, 0.1) is 18.7 Å². The summed E-state index contributed by atoms with van der Waals surface area (Å²) in [7, 11) is 0. The van der Waals surface area contributed by atoms with Crippen LogP contribution in [0.2, 0.25) is 0 Å². The van der Waals surface area contributed by atoms with E-state index in [1.807, 2.05) is 43.3 Å². The van der Waals surface area contributed by atoms with Crippen molar-refractivity contribution in [3.63, 3.8) is 0 Å². The number of aromatic nitrogens is 1. The second-order valence-corrected chi connectivity index (χ2v) is 7.35. The topological polar surface area (TPSA) is 62.7 Å². The van der Waals surface area contributed by atoms with Gasteiger partial charge in [0.15, 0.2) is 6.10 Å². The van der Waals surface area contributed by atoms with Crippen molar-refractivity contribution in [2.45, 2.75) is 19.1 Å². The third-order valence-electron chi connectivity index (χ3n) is 5.54. The first-order chi connectivity index (χ1) is 14.6. The molecule has 7 heteroatoms. The third kappa shape index (κ3) is 2.78. The van der Waals surface area contributed by atoms with Crippen LogP contribution in [0.3, 0.4) is 0 Å². The van der Waals surface area contributed by atoms with Gasteiger partial charge in [0, 0.05) is 6.20 Å². The molecule has 3 atom stereocenters. The van der Waals surface area contributed by atoms with E-state index in [9.17, 15) is 14.0 Å². The van der Waals surface area contributed by atoms with E-state index >= 15 is 0 Å². The molecule has 30 heavy (non-hydrogen) atoms. The smallest absolute Gasteiger partial charge is 0.266 e. The summed E-state index contributed by atoms with van der Waals surface area (Å²) < 4.78 is 13.3. The molecule has 2 aliphatic heterocycles. The maximum atomic E-state index is 13.4. The summed E-state index contributed by atoms with van der Waals surface area (Å²) in [6.07, 6.45) is 0.673. The second-order valence-electron chi connectivity index (χ2n) is 7.35. The van der Waals surface area contributed by atoms with Gasteiger partial charge in [0.05, 0.1) is 17.1 Å². The number of hydrogen-bond donors (Lipinski definition) is 0. The van der Waals surface area contributed by atoms with Gasteiger partial charge in [-0.05, 0) is 55.0 Å². The fourth-order valence-corrected chi connectivity index (χ4v) is 4.13. The number of nitrogens with zero attached hydrogens (tertiary/aromatic N) is 3. The molecule has 3 heterocycles. The number of benzene rings is 2. The molecule has 0 spiro atoms. The fourth-order valence-electron chi connectivity index (χ4n) is 4.13. The quantitative estimate of drug-likeness (QED) is 0.626. The van der Waals surface area contributed by atoms with E-state index in [2.05, 4.69) is 4.98 Å². The second kappa shape index (κ2) is 7.03. The van der Waals surface area contributed by atoms with E-state index in [0.717, 1.165) is 16.2 Å². The third-order valence-corrected chi connectivity index (χ3v) is 5.54. The Morgan fingerprint density at radius 1 is 0.933 bits per heavy atom. The number of hydroxylamine groups is 1. The molecule has 0 bridgehead atoms. The summed E-state index contributed by atoms with van der Waals surface area (Å²) in [5.41, 5.74) is 2.69. The van der Waals surface area contributed by atoms with Crippen LogP contribution in [-0.2, 0) is 14.4 Å². The summed E-state index contributed by atoms with van der Waals surface area (Å²) in [5, 5.41) is 1.63. The van der Waals surface area contributed by atoms with Gasteiger partial charge in [0.25, 0.3) is 5.91 Å². The van der Waals surface area contributed by atoms with Crippen molar-refractivity contribution in [2.24, 2.45) is 5.92 Å². The van der Waals surface area contributed by atoms with E-state index in [-0.39, 0.29) is 5.91 Å². The first-order valence-corrected chi connectivity index (χ1v) is 9.62. The fraction of sp³-hybridized carbons (Fsp3) is 0.174. The molecule has 0 N–H and O–H groups in total. The van der Waals surface area contributed by atoms with E-state index in [0.29, 0.717) is 11.4 Å². The Bertz CT molecular complexity index is 1120. The molecule has 5 rings (SSSR count). The highest BCUT2D eigenvalue weighted by atomic mass is 19.1. The molecule has 0 saturated carbocycles. The lowest BCUT2D eigenvalue weighted by Gasteiger charge is -2.29. The number of rotatable bonds is 3. The average Bonchev–Trinajstić information content (AvgIpc) is 3.26. The molecule has 0 unspecified atom stereocenters. The Hall–Kier alpha value is -3.58. The van der Waals surface area contributed by atoms with Crippen molar-refractivity contribution >= 4 is 23.2 Å². The van der Waals surface area contributed by atoms with Crippen LogP contribution in [0.5, 0.6) is 0 Å². The van der Waals surface area contributed by atoms with Crippen LogP contribution in [0.4, 0.5) is 15.8 Å². The van der Waals surface area contributed by atoms with Gasteiger partial charge < -0.3 is 0 Å². The number of carbonyl (C=O) groups is 2. The van der Waals surface area contributed by atoms with Crippen molar-refractivity contribution in [3.8, 4) is 0 Å². The Kier molecular flexibility index (Phi) is 4.33. The molecule has 150 valence electrons. The Labute approximate surface area is 172 Å². The molecular formula is C23H18FN3O3. The molecule has 3 aromatic rings. The molecule has 0 aliphatic carbocycles. The lowest BCUT2D eigenvalue weighted by Crippen LogP contribution is -2.37. The minimum Gasteiger partial charge on any atom is -0.273 e. The zero-order chi connectivity index (χ0) is 20.8. The minimum absolute atomic E-state index is 0.326. The number of aryl methyl sites for hydroxylation is 1. The maximum absolute atomic E-state index is 13.4. The van der Waals surface area contributed by atoms with Crippen LogP contribution in [0.25, 0.3) is 0 Å². The highest BCUT2D eigenvalue weighted by molar-refractivity contribution is 6.23. The lowest BCUT2D eigenvalue weighted by atomic mass is 9.93. The summed E-state index contributed by atoms with van der Waals surface area (Å²) in [5.74, 6) is -2.06. The first kappa shape index (κ1) is 18.4. The Morgan fingerprint density at radius 3 is 2.37 bits per heavy atom. The van der Waals surface area contributed by atoms with Crippen LogP contribution in [0.1, 0.15) is 17.3 Å². The van der Waals surface area contributed by atoms with Crippen molar-refractivity contribution < 1.29 is 18.8 Å². The summed E-state index contributed by atoms with van der Waals surface area (Å²) in [4.78, 5) is 38.2. The summed E-state index contributed by atoms with van der Waals surface area (Å²) >= 11 is 0. The normalized spacial score (nSPS) is 23.2. The molecule has 6 nitrogen and oxygen atoms in total. The van der Waals surface area contributed by atoms with E-state index < -0.39 is 29.8 Å². The molecule has 2 saturated heterocycles. The Morgan fingerprint density at radius 2 is 1.67 bits per heavy atom. The maximum Gasteiger partial charge on any atom is 0.266 e. The molecule has 0 radical (unpaired) electrons. The van der Waals surface area contributed by atoms with Gasteiger partial charge in [0.1, 0.15) is 17.8 Å². The number of carbonyl (C=O) groups excluding carboxylic acids is 2. The summed E-state index contributed by atoms with van der Waals surface area (Å²) in [6, 6.07) is 17.8. The summed E-state index contributed by atoms with van der Waals surface area (Å²) in [6.45, 7) is 1.94. The first-order valence-electron chi connectivity index (χ1n) is 9.62. The number of hydrogen-bond acceptors (Lipinski definition) is 5. The van der Waals surface area contributed by atoms with Gasteiger partial charge in [-0.25, -0.2) is 14.4 Å².